The summed E-state index contributed by atoms with van der Waals surface area (Å²) in [6, 6.07) is 13.0. The van der Waals surface area contributed by atoms with Crippen molar-refractivity contribution in [2.45, 2.75) is 33.1 Å². The fraction of sp³-hybridized carbons (Fsp3) is 0.227. The zero-order valence-corrected chi connectivity index (χ0v) is 16.7. The highest BCUT2D eigenvalue weighted by Crippen LogP contribution is 2.39. The number of fused-ring (bicyclic) bond motifs is 1. The van der Waals surface area contributed by atoms with E-state index in [4.69, 9.17) is 11.6 Å². The molecule has 0 spiro atoms. The Labute approximate surface area is 168 Å². The maximum absolute atomic E-state index is 13.2. The number of halogens is 1. The first kappa shape index (κ1) is 18.4. The Hall–Kier alpha value is -2.92. The first-order valence-corrected chi connectivity index (χ1v) is 9.49. The van der Waals surface area contributed by atoms with Crippen LogP contribution in [0.1, 0.15) is 45.1 Å². The number of aryl methyl sites for hydroxylation is 3. The molecule has 5 nitrogen and oxygen atoms in total. The molecule has 1 amide bonds. The van der Waals surface area contributed by atoms with Crippen LogP contribution in [0.3, 0.4) is 0 Å². The van der Waals surface area contributed by atoms with Crippen molar-refractivity contribution in [1.29, 1.82) is 0 Å². The Balaban J connectivity index is 1.86. The molecule has 142 valence electrons. The zero-order chi connectivity index (χ0) is 20.0. The van der Waals surface area contributed by atoms with E-state index in [0.717, 1.165) is 28.1 Å². The third-order valence-corrected chi connectivity index (χ3v) is 5.34. The molecule has 1 aliphatic rings. The number of aromatic nitrogens is 2. The van der Waals surface area contributed by atoms with Crippen LogP contribution in [0.5, 0.6) is 0 Å². The van der Waals surface area contributed by atoms with Gasteiger partial charge in [-0.1, -0.05) is 29.8 Å². The van der Waals surface area contributed by atoms with Gasteiger partial charge in [-0.05, 0) is 56.2 Å². The maximum atomic E-state index is 13.2. The Morgan fingerprint density at radius 1 is 1.14 bits per heavy atom. The van der Waals surface area contributed by atoms with E-state index in [0.29, 0.717) is 16.4 Å². The lowest BCUT2D eigenvalue weighted by Crippen LogP contribution is -2.28. The molecule has 0 saturated heterocycles. The molecule has 0 radical (unpaired) electrons. The van der Waals surface area contributed by atoms with Crippen molar-refractivity contribution in [2.24, 2.45) is 0 Å². The summed E-state index contributed by atoms with van der Waals surface area (Å²) in [5, 5.41) is 7.95. The number of benzene rings is 2. The largest absolute Gasteiger partial charge is 0.310 e. The number of ketones is 1. The van der Waals surface area contributed by atoms with Crippen molar-refractivity contribution in [2.75, 3.05) is 5.32 Å². The van der Waals surface area contributed by atoms with Crippen LogP contribution in [0, 0.1) is 20.8 Å². The highest BCUT2D eigenvalue weighted by molar-refractivity contribution is 6.34. The standard InChI is InChI=1S/C22H20ClN3O2/c1-12-8-13(2)10-15(9-12)26-22-20(14(3)25-26)17(11-19(27)24-22)21(28)16-6-4-5-7-18(16)23/h4-10,17H,11H2,1-3H3,(H,24,27). The van der Waals surface area contributed by atoms with Gasteiger partial charge in [0.05, 0.1) is 22.3 Å². The van der Waals surface area contributed by atoms with Crippen LogP contribution in [0.4, 0.5) is 5.82 Å². The predicted octanol–water partition coefficient (Wildman–Crippen LogP) is 4.76. The molecule has 28 heavy (non-hydrogen) atoms. The monoisotopic (exact) mass is 393 g/mol. The molecule has 0 aliphatic carbocycles. The summed E-state index contributed by atoms with van der Waals surface area (Å²) < 4.78 is 1.72. The number of amides is 1. The quantitative estimate of drug-likeness (QED) is 0.652. The average molecular weight is 394 g/mol. The third-order valence-electron chi connectivity index (χ3n) is 5.01. The van der Waals surface area contributed by atoms with E-state index in [1.165, 1.54) is 0 Å². The van der Waals surface area contributed by atoms with E-state index in [2.05, 4.69) is 16.5 Å². The third kappa shape index (κ3) is 3.12. The molecule has 1 aromatic heterocycles. The van der Waals surface area contributed by atoms with Crippen LogP contribution < -0.4 is 5.32 Å². The molecular weight excluding hydrogens is 374 g/mol. The summed E-state index contributed by atoms with van der Waals surface area (Å²) in [6.07, 6.45) is 0.0798. The van der Waals surface area contributed by atoms with E-state index in [9.17, 15) is 9.59 Å². The van der Waals surface area contributed by atoms with Crippen molar-refractivity contribution in [3.05, 3.63) is 75.4 Å². The van der Waals surface area contributed by atoms with E-state index in [1.54, 1.807) is 28.9 Å². The average Bonchev–Trinajstić information content (AvgIpc) is 2.96. The molecule has 3 aromatic rings. The van der Waals surface area contributed by atoms with Crippen LogP contribution in [0.2, 0.25) is 5.02 Å². The lowest BCUT2D eigenvalue weighted by atomic mass is 9.85. The number of hydrogen-bond acceptors (Lipinski definition) is 3. The first-order valence-electron chi connectivity index (χ1n) is 9.12. The minimum absolute atomic E-state index is 0.0798. The number of carbonyl (C=O) groups excluding carboxylic acids is 2. The van der Waals surface area contributed by atoms with Crippen molar-refractivity contribution in [3.8, 4) is 5.69 Å². The Kier molecular flexibility index (Phi) is 4.55. The van der Waals surface area contributed by atoms with Gasteiger partial charge in [-0.15, -0.1) is 0 Å². The maximum Gasteiger partial charge on any atom is 0.226 e. The highest BCUT2D eigenvalue weighted by atomic mass is 35.5. The number of carbonyl (C=O) groups is 2. The summed E-state index contributed by atoms with van der Waals surface area (Å²) in [5.74, 6) is -0.416. The van der Waals surface area contributed by atoms with Gasteiger partial charge in [0.2, 0.25) is 5.91 Å². The minimum atomic E-state index is -0.608. The minimum Gasteiger partial charge on any atom is -0.310 e. The van der Waals surface area contributed by atoms with Gasteiger partial charge in [-0.3, -0.25) is 9.59 Å². The number of anilines is 1. The van der Waals surface area contributed by atoms with E-state index >= 15 is 0 Å². The molecule has 2 aromatic carbocycles. The van der Waals surface area contributed by atoms with Crippen LogP contribution in [0.25, 0.3) is 5.69 Å². The molecule has 1 aliphatic heterocycles. The smallest absolute Gasteiger partial charge is 0.226 e. The van der Waals surface area contributed by atoms with E-state index < -0.39 is 5.92 Å². The number of hydrogen-bond donors (Lipinski definition) is 1. The van der Waals surface area contributed by atoms with Gasteiger partial charge >= 0.3 is 0 Å². The van der Waals surface area contributed by atoms with Crippen LogP contribution >= 0.6 is 11.6 Å². The van der Waals surface area contributed by atoms with Gasteiger partial charge in [0.25, 0.3) is 0 Å². The van der Waals surface area contributed by atoms with E-state index in [1.807, 2.05) is 32.9 Å². The first-order chi connectivity index (χ1) is 13.3. The number of nitrogens with one attached hydrogen (secondary N) is 1. The van der Waals surface area contributed by atoms with Gasteiger partial charge in [0.15, 0.2) is 5.78 Å². The second-order valence-corrected chi connectivity index (χ2v) is 7.66. The van der Waals surface area contributed by atoms with Crippen molar-refractivity contribution in [1.82, 2.24) is 9.78 Å². The molecule has 4 rings (SSSR count). The summed E-state index contributed by atoms with van der Waals surface area (Å²) in [7, 11) is 0. The summed E-state index contributed by atoms with van der Waals surface area (Å²) in [4.78, 5) is 25.7. The van der Waals surface area contributed by atoms with Crippen LogP contribution in [-0.2, 0) is 4.79 Å². The topological polar surface area (TPSA) is 64.0 Å². The highest BCUT2D eigenvalue weighted by Gasteiger charge is 2.36. The van der Waals surface area contributed by atoms with Gasteiger partial charge < -0.3 is 5.32 Å². The Morgan fingerprint density at radius 2 is 1.82 bits per heavy atom. The molecule has 1 unspecified atom stereocenters. The summed E-state index contributed by atoms with van der Waals surface area (Å²) in [5.41, 5.74) is 4.95. The molecule has 1 N–H and O–H groups in total. The molecule has 1 atom stereocenters. The van der Waals surface area contributed by atoms with Crippen LogP contribution in [-0.4, -0.2) is 21.5 Å². The van der Waals surface area contributed by atoms with Crippen molar-refractivity contribution in [3.63, 3.8) is 0 Å². The molecule has 2 heterocycles. The molecule has 0 saturated carbocycles. The van der Waals surface area contributed by atoms with Crippen molar-refractivity contribution < 1.29 is 9.59 Å². The fourth-order valence-corrected chi connectivity index (χ4v) is 4.11. The zero-order valence-electron chi connectivity index (χ0n) is 15.9. The molecule has 6 heteroatoms. The fourth-order valence-electron chi connectivity index (χ4n) is 3.88. The SMILES string of the molecule is Cc1cc(C)cc(-n2nc(C)c3c2NC(=O)CC3C(=O)c2ccccc2Cl)c1. The Bertz CT molecular complexity index is 1100. The Morgan fingerprint density at radius 3 is 2.50 bits per heavy atom. The van der Waals surface area contributed by atoms with Gasteiger partial charge in [-0.25, -0.2) is 4.68 Å². The van der Waals surface area contributed by atoms with Crippen molar-refractivity contribution >= 4 is 29.1 Å². The predicted molar refractivity (Wildman–Crippen MR) is 110 cm³/mol. The van der Waals surface area contributed by atoms with Gasteiger partial charge in [0.1, 0.15) is 5.82 Å². The lowest BCUT2D eigenvalue weighted by molar-refractivity contribution is -0.116. The number of rotatable bonds is 3. The summed E-state index contributed by atoms with van der Waals surface area (Å²) in [6.45, 7) is 5.89. The normalized spacial score (nSPS) is 15.9. The van der Waals surface area contributed by atoms with Gasteiger partial charge in [-0.2, -0.15) is 5.10 Å². The van der Waals surface area contributed by atoms with Crippen LogP contribution in [0.15, 0.2) is 42.5 Å². The lowest BCUT2D eigenvalue weighted by Gasteiger charge is -2.23. The number of nitrogens with zero attached hydrogens (tertiary/aromatic N) is 2. The summed E-state index contributed by atoms with van der Waals surface area (Å²) >= 11 is 6.24. The molecular formula is C22H20ClN3O2. The molecule has 0 fully saturated rings. The van der Waals surface area contributed by atoms with E-state index in [-0.39, 0.29) is 18.1 Å². The second kappa shape index (κ2) is 6.91. The number of Topliss-reactive ketones (excluding diaryl/α,β-unsaturated/α-hetero) is 1. The van der Waals surface area contributed by atoms with Gasteiger partial charge in [0, 0.05) is 17.5 Å². The molecule has 0 bridgehead atoms. The second-order valence-electron chi connectivity index (χ2n) is 7.25.